The summed E-state index contributed by atoms with van der Waals surface area (Å²) in [5.74, 6) is -1.08. The van der Waals surface area contributed by atoms with Crippen LogP contribution in [0.5, 0.6) is 0 Å². The molecule has 1 N–H and O–H groups in total. The van der Waals surface area contributed by atoms with Gasteiger partial charge in [0.2, 0.25) is 15.9 Å². The number of carboxylic acids is 1. The Morgan fingerprint density at radius 1 is 1.08 bits per heavy atom. The molecule has 10 heteroatoms. The van der Waals surface area contributed by atoms with E-state index in [9.17, 15) is 23.1 Å². The van der Waals surface area contributed by atoms with Gasteiger partial charge in [0.1, 0.15) is 0 Å². The molecular formula is C27H24BrClN2O5S. The normalized spacial score (nSPS) is 17.3. The third-order valence-corrected chi connectivity index (χ3v) is 10.3. The number of hydrogen-bond donors (Lipinski definition) is 1. The lowest BCUT2D eigenvalue weighted by Crippen LogP contribution is -2.50. The molecule has 5 rings (SSSR count). The highest BCUT2D eigenvalue weighted by atomic mass is 79.9. The fourth-order valence-corrected chi connectivity index (χ4v) is 7.58. The predicted octanol–water partition coefficient (Wildman–Crippen LogP) is 5.38. The second kappa shape index (κ2) is 9.54. The van der Waals surface area contributed by atoms with E-state index in [4.69, 9.17) is 11.6 Å². The SMILES string of the molecule is Cc1c(Cl)cccc1S(=O)(=O)N1CCC2(CC1)C(=O)N(Cc1ccc(C(=O)O)cc1)c1ccc(Br)cc12. The molecule has 0 aromatic heterocycles. The van der Waals surface area contributed by atoms with E-state index in [1.165, 1.54) is 16.4 Å². The van der Waals surface area contributed by atoms with Crippen LogP contribution in [-0.2, 0) is 26.8 Å². The quantitative estimate of drug-likeness (QED) is 0.423. The molecule has 7 nitrogen and oxygen atoms in total. The minimum absolute atomic E-state index is 0.0705. The van der Waals surface area contributed by atoms with Gasteiger partial charge in [0.15, 0.2) is 0 Å². The first-order valence-corrected chi connectivity index (χ1v) is 14.4. The van der Waals surface area contributed by atoms with Crippen molar-refractivity contribution in [1.82, 2.24) is 4.31 Å². The van der Waals surface area contributed by atoms with E-state index in [-0.39, 0.29) is 29.5 Å². The molecule has 3 aromatic carbocycles. The van der Waals surface area contributed by atoms with Crippen LogP contribution in [0.2, 0.25) is 5.02 Å². The Balaban J connectivity index is 1.44. The van der Waals surface area contributed by atoms with Gasteiger partial charge in [-0.05, 0) is 78.9 Å². The molecule has 2 heterocycles. The van der Waals surface area contributed by atoms with Crippen LogP contribution in [0.25, 0.3) is 0 Å². The second-order valence-corrected chi connectivity index (χ2v) is 12.6. The highest BCUT2D eigenvalue weighted by molar-refractivity contribution is 9.10. The Morgan fingerprint density at radius 3 is 2.41 bits per heavy atom. The van der Waals surface area contributed by atoms with Crippen molar-refractivity contribution >= 4 is 55.1 Å². The maximum absolute atomic E-state index is 14.0. The van der Waals surface area contributed by atoms with Gasteiger partial charge < -0.3 is 10.0 Å². The Bertz CT molecular complexity index is 1520. The van der Waals surface area contributed by atoms with E-state index in [0.29, 0.717) is 30.0 Å². The second-order valence-electron chi connectivity index (χ2n) is 9.40. The molecule has 0 bridgehead atoms. The summed E-state index contributed by atoms with van der Waals surface area (Å²) in [6, 6.07) is 17.1. The van der Waals surface area contributed by atoms with E-state index in [0.717, 1.165) is 21.3 Å². The number of fused-ring (bicyclic) bond motifs is 2. The standard InChI is InChI=1S/C27H24BrClN2O5S/c1-17-22(29)3-2-4-24(17)37(35,36)30-13-11-27(12-14-30)21-15-20(28)9-10-23(21)31(26(27)34)16-18-5-7-19(8-6-18)25(32)33/h2-10,15H,11-14,16H2,1H3,(H,32,33). The summed E-state index contributed by atoms with van der Waals surface area (Å²) in [4.78, 5) is 27.1. The lowest BCUT2D eigenvalue weighted by molar-refractivity contribution is -0.124. The van der Waals surface area contributed by atoms with Crippen molar-refractivity contribution in [2.75, 3.05) is 18.0 Å². The number of carbonyl (C=O) groups is 2. The molecule has 0 aliphatic carbocycles. The molecule has 1 saturated heterocycles. The first-order valence-electron chi connectivity index (χ1n) is 11.7. The lowest BCUT2D eigenvalue weighted by atomic mass is 9.74. The van der Waals surface area contributed by atoms with Crippen LogP contribution in [0, 0.1) is 6.92 Å². The van der Waals surface area contributed by atoms with Crippen molar-refractivity contribution in [3.05, 3.63) is 92.4 Å². The first kappa shape index (κ1) is 25.9. The number of halogens is 2. The Morgan fingerprint density at radius 2 is 1.76 bits per heavy atom. The summed E-state index contributed by atoms with van der Waals surface area (Å²) in [5, 5.41) is 9.58. The molecule has 0 unspecified atom stereocenters. The highest BCUT2D eigenvalue weighted by Gasteiger charge is 2.53. The minimum Gasteiger partial charge on any atom is -0.478 e. The van der Waals surface area contributed by atoms with E-state index >= 15 is 0 Å². The lowest BCUT2D eigenvalue weighted by Gasteiger charge is -2.38. The average molecular weight is 604 g/mol. The van der Waals surface area contributed by atoms with E-state index in [2.05, 4.69) is 15.9 Å². The number of anilines is 1. The van der Waals surface area contributed by atoms with Gasteiger partial charge in [-0.2, -0.15) is 4.31 Å². The zero-order valence-corrected chi connectivity index (χ0v) is 23.1. The van der Waals surface area contributed by atoms with Crippen LogP contribution < -0.4 is 4.90 Å². The monoisotopic (exact) mass is 602 g/mol. The Hall–Kier alpha value is -2.72. The average Bonchev–Trinajstić information content (AvgIpc) is 3.08. The number of carboxylic acid groups (broad SMARTS) is 1. The molecule has 1 amide bonds. The maximum atomic E-state index is 14.0. The third-order valence-electron chi connectivity index (χ3n) is 7.37. The molecule has 1 fully saturated rings. The van der Waals surface area contributed by atoms with Gasteiger partial charge in [0.05, 0.1) is 22.4 Å². The highest BCUT2D eigenvalue weighted by Crippen LogP contribution is 2.50. The number of rotatable bonds is 5. The topological polar surface area (TPSA) is 95.0 Å². The molecule has 37 heavy (non-hydrogen) atoms. The van der Waals surface area contributed by atoms with Crippen molar-refractivity contribution in [2.45, 2.75) is 36.6 Å². The van der Waals surface area contributed by atoms with Gasteiger partial charge in [0, 0.05) is 28.3 Å². The maximum Gasteiger partial charge on any atom is 0.335 e. The molecular weight excluding hydrogens is 580 g/mol. The van der Waals surface area contributed by atoms with E-state index in [1.807, 2.05) is 18.2 Å². The van der Waals surface area contributed by atoms with Crippen LogP contribution in [0.3, 0.4) is 0 Å². The number of sulfonamides is 1. The fraction of sp³-hybridized carbons (Fsp3) is 0.259. The van der Waals surface area contributed by atoms with Gasteiger partial charge in [-0.1, -0.05) is 45.7 Å². The van der Waals surface area contributed by atoms with Crippen molar-refractivity contribution in [3.63, 3.8) is 0 Å². The van der Waals surface area contributed by atoms with Crippen LogP contribution in [0.15, 0.2) is 70.0 Å². The van der Waals surface area contributed by atoms with E-state index in [1.54, 1.807) is 42.2 Å². The summed E-state index contributed by atoms with van der Waals surface area (Å²) in [6.07, 6.45) is 0.700. The summed E-state index contributed by atoms with van der Waals surface area (Å²) < 4.78 is 29.2. The molecule has 3 aromatic rings. The molecule has 0 radical (unpaired) electrons. The number of nitrogens with zero attached hydrogens (tertiary/aromatic N) is 2. The van der Waals surface area contributed by atoms with Crippen LogP contribution in [0.1, 0.15) is 39.9 Å². The van der Waals surface area contributed by atoms with Crippen molar-refractivity contribution in [2.24, 2.45) is 0 Å². The third kappa shape index (κ3) is 4.37. The zero-order valence-electron chi connectivity index (χ0n) is 19.9. The molecule has 0 saturated carbocycles. The van der Waals surface area contributed by atoms with Crippen LogP contribution >= 0.6 is 27.5 Å². The van der Waals surface area contributed by atoms with Crippen LogP contribution in [-0.4, -0.2) is 42.8 Å². The number of aromatic carboxylic acids is 1. The molecule has 2 aliphatic heterocycles. The first-order chi connectivity index (χ1) is 17.5. The van der Waals surface area contributed by atoms with Crippen LogP contribution in [0.4, 0.5) is 5.69 Å². The fourth-order valence-electron chi connectivity index (χ4n) is 5.30. The number of hydrogen-bond acceptors (Lipinski definition) is 4. The molecule has 192 valence electrons. The zero-order chi connectivity index (χ0) is 26.5. The van der Waals surface area contributed by atoms with Crippen molar-refractivity contribution < 1.29 is 23.1 Å². The Kier molecular flexibility index (Phi) is 6.68. The van der Waals surface area contributed by atoms with Gasteiger partial charge in [-0.25, -0.2) is 13.2 Å². The summed E-state index contributed by atoms with van der Waals surface area (Å²) in [7, 11) is -3.77. The summed E-state index contributed by atoms with van der Waals surface area (Å²) >= 11 is 9.72. The smallest absolute Gasteiger partial charge is 0.335 e. The summed E-state index contributed by atoms with van der Waals surface area (Å²) in [6.45, 7) is 2.38. The van der Waals surface area contributed by atoms with Crippen molar-refractivity contribution in [3.8, 4) is 0 Å². The van der Waals surface area contributed by atoms with E-state index < -0.39 is 21.4 Å². The minimum atomic E-state index is -3.77. The van der Waals surface area contributed by atoms with Crippen molar-refractivity contribution in [1.29, 1.82) is 0 Å². The van der Waals surface area contributed by atoms with Gasteiger partial charge in [-0.15, -0.1) is 0 Å². The number of carbonyl (C=O) groups excluding carboxylic acids is 1. The number of piperidine rings is 1. The molecule has 1 spiro atoms. The summed E-state index contributed by atoms with van der Waals surface area (Å²) in [5.41, 5.74) is 2.33. The van der Waals surface area contributed by atoms with Gasteiger partial charge in [0.25, 0.3) is 0 Å². The molecule has 0 atom stereocenters. The largest absolute Gasteiger partial charge is 0.478 e. The number of benzene rings is 3. The molecule has 2 aliphatic rings. The van der Waals surface area contributed by atoms with Gasteiger partial charge >= 0.3 is 5.97 Å². The van der Waals surface area contributed by atoms with Gasteiger partial charge in [-0.3, -0.25) is 4.79 Å². The Labute approximate surface area is 228 Å². The number of amides is 1. The predicted molar refractivity (Wildman–Crippen MR) is 145 cm³/mol.